The predicted molar refractivity (Wildman–Crippen MR) is 87.0 cm³/mol. The van der Waals surface area contributed by atoms with E-state index in [9.17, 15) is 9.90 Å². The molecular formula is C18H19NO3. The molecule has 4 nitrogen and oxygen atoms in total. The molecule has 0 aromatic heterocycles. The van der Waals surface area contributed by atoms with Crippen molar-refractivity contribution in [3.05, 3.63) is 47.5 Å². The lowest BCUT2D eigenvalue weighted by Crippen LogP contribution is -2.24. The number of aryl methyl sites for hydroxylation is 1. The van der Waals surface area contributed by atoms with E-state index in [1.165, 1.54) is 11.3 Å². The number of ether oxygens (including phenoxy) is 1. The van der Waals surface area contributed by atoms with Crippen molar-refractivity contribution in [3.8, 4) is 16.9 Å². The average molecular weight is 297 g/mol. The van der Waals surface area contributed by atoms with E-state index in [0.717, 1.165) is 30.5 Å². The zero-order valence-corrected chi connectivity index (χ0v) is 12.8. The highest BCUT2D eigenvalue weighted by Crippen LogP contribution is 2.35. The number of rotatable bonds is 3. The number of carbonyl (C=O) groups is 1. The highest BCUT2D eigenvalue weighted by Gasteiger charge is 2.16. The van der Waals surface area contributed by atoms with Crippen LogP contribution in [-0.4, -0.2) is 31.8 Å². The quantitative estimate of drug-likeness (QED) is 0.943. The van der Waals surface area contributed by atoms with Crippen LogP contribution in [0.5, 0.6) is 5.75 Å². The topological polar surface area (TPSA) is 49.8 Å². The molecular weight excluding hydrogens is 278 g/mol. The fourth-order valence-corrected chi connectivity index (χ4v) is 3.02. The van der Waals surface area contributed by atoms with E-state index in [1.54, 1.807) is 25.3 Å². The fraction of sp³-hybridized carbons (Fsp3) is 0.278. The second-order valence-electron chi connectivity index (χ2n) is 5.59. The summed E-state index contributed by atoms with van der Waals surface area (Å²) < 4.78 is 5.40. The first kappa shape index (κ1) is 14.4. The molecule has 2 aromatic carbocycles. The van der Waals surface area contributed by atoms with Crippen LogP contribution in [0, 0.1) is 0 Å². The molecule has 0 amide bonds. The molecule has 0 spiro atoms. The van der Waals surface area contributed by atoms with Crippen molar-refractivity contribution in [3.63, 3.8) is 0 Å². The van der Waals surface area contributed by atoms with E-state index in [2.05, 4.69) is 24.1 Å². The second kappa shape index (κ2) is 5.72. The summed E-state index contributed by atoms with van der Waals surface area (Å²) in [5.74, 6) is -0.240. The van der Waals surface area contributed by atoms with Gasteiger partial charge in [0.25, 0.3) is 0 Å². The lowest BCUT2D eigenvalue weighted by atomic mass is 9.95. The average Bonchev–Trinajstić information content (AvgIpc) is 2.54. The summed E-state index contributed by atoms with van der Waals surface area (Å²) in [6.45, 7) is 1.07. The third-order valence-corrected chi connectivity index (χ3v) is 4.19. The minimum Gasteiger partial charge on any atom is -0.496 e. The number of fused-ring (bicyclic) bond motifs is 1. The fourth-order valence-electron chi connectivity index (χ4n) is 3.02. The lowest BCUT2D eigenvalue weighted by molar-refractivity contribution is 0.0697. The van der Waals surface area contributed by atoms with Crippen molar-refractivity contribution in [2.45, 2.75) is 12.8 Å². The van der Waals surface area contributed by atoms with Gasteiger partial charge in [0.1, 0.15) is 5.75 Å². The first-order chi connectivity index (χ1) is 10.6. The number of carboxylic acid groups (broad SMARTS) is 1. The molecule has 0 saturated carbocycles. The number of carboxylic acids is 1. The number of benzene rings is 2. The predicted octanol–water partition coefficient (Wildman–Crippen LogP) is 3.44. The van der Waals surface area contributed by atoms with Crippen LogP contribution in [-0.2, 0) is 6.42 Å². The van der Waals surface area contributed by atoms with Crippen molar-refractivity contribution in [1.82, 2.24) is 0 Å². The molecule has 1 aliphatic rings. The molecule has 0 atom stereocenters. The van der Waals surface area contributed by atoms with Crippen LogP contribution < -0.4 is 9.64 Å². The minimum absolute atomic E-state index is 0.269. The molecule has 1 heterocycles. The Morgan fingerprint density at radius 3 is 2.77 bits per heavy atom. The smallest absolute Gasteiger partial charge is 0.335 e. The molecule has 114 valence electrons. The number of methoxy groups -OCH3 is 1. The molecule has 4 heteroatoms. The van der Waals surface area contributed by atoms with Gasteiger partial charge in [-0.3, -0.25) is 0 Å². The van der Waals surface area contributed by atoms with Gasteiger partial charge in [0.2, 0.25) is 0 Å². The summed E-state index contributed by atoms with van der Waals surface area (Å²) >= 11 is 0. The number of anilines is 1. The minimum atomic E-state index is -0.929. The van der Waals surface area contributed by atoms with Gasteiger partial charge in [-0.25, -0.2) is 4.79 Å². The molecule has 0 aliphatic carbocycles. The molecule has 0 fully saturated rings. The van der Waals surface area contributed by atoms with Crippen LogP contribution in [0.25, 0.3) is 11.1 Å². The van der Waals surface area contributed by atoms with Gasteiger partial charge in [-0.2, -0.15) is 0 Å². The normalized spacial score (nSPS) is 13.6. The van der Waals surface area contributed by atoms with Crippen LogP contribution in [0.3, 0.4) is 0 Å². The Bertz CT molecular complexity index is 724. The summed E-state index contributed by atoms with van der Waals surface area (Å²) in [7, 11) is 3.70. The van der Waals surface area contributed by atoms with Gasteiger partial charge in [0.05, 0.1) is 12.7 Å². The van der Waals surface area contributed by atoms with E-state index in [0.29, 0.717) is 5.75 Å². The maximum absolute atomic E-state index is 11.2. The Morgan fingerprint density at radius 2 is 2.05 bits per heavy atom. The monoisotopic (exact) mass is 297 g/mol. The standard InChI is InChI=1S/C18H19NO3/c1-19-9-3-4-13-10-12(5-7-16(13)19)15-11-14(18(20)21)6-8-17(15)22-2/h5-8,10-11H,3-4,9H2,1-2H3,(H,20,21). The van der Waals surface area contributed by atoms with Crippen molar-refractivity contribution in [2.24, 2.45) is 0 Å². The third kappa shape index (κ3) is 2.52. The van der Waals surface area contributed by atoms with Gasteiger partial charge in [0, 0.05) is 24.8 Å². The van der Waals surface area contributed by atoms with Crippen molar-refractivity contribution in [2.75, 3.05) is 25.6 Å². The first-order valence-corrected chi connectivity index (χ1v) is 7.36. The van der Waals surface area contributed by atoms with E-state index in [1.807, 2.05) is 6.07 Å². The zero-order valence-electron chi connectivity index (χ0n) is 12.8. The van der Waals surface area contributed by atoms with Crippen LogP contribution in [0.4, 0.5) is 5.69 Å². The molecule has 1 N–H and O–H groups in total. The van der Waals surface area contributed by atoms with Gasteiger partial charge < -0.3 is 14.7 Å². The Balaban J connectivity index is 2.10. The number of hydrogen-bond acceptors (Lipinski definition) is 3. The Kier molecular flexibility index (Phi) is 3.75. The van der Waals surface area contributed by atoms with E-state index in [4.69, 9.17) is 4.74 Å². The number of aromatic carboxylic acids is 1. The molecule has 0 radical (unpaired) electrons. The second-order valence-corrected chi connectivity index (χ2v) is 5.59. The van der Waals surface area contributed by atoms with Crippen molar-refractivity contribution in [1.29, 1.82) is 0 Å². The first-order valence-electron chi connectivity index (χ1n) is 7.36. The van der Waals surface area contributed by atoms with E-state index < -0.39 is 5.97 Å². The Hall–Kier alpha value is -2.49. The van der Waals surface area contributed by atoms with Crippen LogP contribution in [0.15, 0.2) is 36.4 Å². The summed E-state index contributed by atoms with van der Waals surface area (Å²) in [4.78, 5) is 13.5. The summed E-state index contributed by atoms with van der Waals surface area (Å²) in [6, 6.07) is 11.2. The van der Waals surface area contributed by atoms with Gasteiger partial charge in [-0.05, 0) is 54.3 Å². The van der Waals surface area contributed by atoms with E-state index >= 15 is 0 Å². The maximum atomic E-state index is 11.2. The largest absolute Gasteiger partial charge is 0.496 e. The molecule has 0 unspecified atom stereocenters. The van der Waals surface area contributed by atoms with Crippen LogP contribution in [0.1, 0.15) is 22.3 Å². The molecule has 2 aromatic rings. The molecule has 0 saturated heterocycles. The number of hydrogen-bond donors (Lipinski definition) is 1. The molecule has 1 aliphatic heterocycles. The van der Waals surface area contributed by atoms with Crippen molar-refractivity contribution >= 4 is 11.7 Å². The summed E-state index contributed by atoms with van der Waals surface area (Å²) in [5.41, 5.74) is 4.63. The van der Waals surface area contributed by atoms with Gasteiger partial charge in [-0.15, -0.1) is 0 Å². The zero-order chi connectivity index (χ0) is 15.7. The lowest BCUT2D eigenvalue weighted by Gasteiger charge is -2.28. The molecule has 22 heavy (non-hydrogen) atoms. The summed E-state index contributed by atoms with van der Waals surface area (Å²) in [6.07, 6.45) is 2.19. The molecule has 3 rings (SSSR count). The van der Waals surface area contributed by atoms with Gasteiger partial charge >= 0.3 is 5.97 Å². The SMILES string of the molecule is COc1ccc(C(=O)O)cc1-c1ccc2c(c1)CCCN2C. The maximum Gasteiger partial charge on any atom is 0.335 e. The molecule has 0 bridgehead atoms. The van der Waals surface area contributed by atoms with Crippen LogP contribution >= 0.6 is 0 Å². The van der Waals surface area contributed by atoms with Crippen molar-refractivity contribution < 1.29 is 14.6 Å². The Labute approximate surface area is 130 Å². The highest BCUT2D eigenvalue weighted by molar-refractivity contribution is 5.90. The van der Waals surface area contributed by atoms with Gasteiger partial charge in [-0.1, -0.05) is 6.07 Å². The highest BCUT2D eigenvalue weighted by atomic mass is 16.5. The van der Waals surface area contributed by atoms with E-state index in [-0.39, 0.29) is 5.56 Å². The third-order valence-electron chi connectivity index (χ3n) is 4.19. The van der Waals surface area contributed by atoms with Gasteiger partial charge in [0.15, 0.2) is 0 Å². The summed E-state index contributed by atoms with van der Waals surface area (Å²) in [5, 5.41) is 9.20. The number of nitrogens with zero attached hydrogens (tertiary/aromatic N) is 1. The Morgan fingerprint density at radius 1 is 1.23 bits per heavy atom. The van der Waals surface area contributed by atoms with Crippen LogP contribution in [0.2, 0.25) is 0 Å².